The molecule has 33 heavy (non-hydrogen) atoms. The molecule has 0 saturated carbocycles. The van der Waals surface area contributed by atoms with Gasteiger partial charge in [-0.05, 0) is 55.0 Å². The Morgan fingerprint density at radius 2 is 1.61 bits per heavy atom. The fourth-order valence-electron chi connectivity index (χ4n) is 3.06. The van der Waals surface area contributed by atoms with Crippen LogP contribution in [-0.2, 0) is 14.8 Å². The van der Waals surface area contributed by atoms with Gasteiger partial charge in [0.25, 0.3) is 10.0 Å². The normalized spacial score (nSPS) is 10.9. The van der Waals surface area contributed by atoms with Crippen LogP contribution in [0.4, 0.5) is 11.4 Å². The van der Waals surface area contributed by atoms with E-state index in [-0.39, 0.29) is 29.5 Å². The van der Waals surface area contributed by atoms with E-state index < -0.39 is 10.0 Å². The minimum atomic E-state index is -3.95. The highest BCUT2D eigenvalue weighted by atomic mass is 32.2. The predicted octanol–water partition coefficient (Wildman–Crippen LogP) is 4.22. The van der Waals surface area contributed by atoms with E-state index in [0.29, 0.717) is 22.9 Å². The van der Waals surface area contributed by atoms with Crippen LogP contribution in [0.3, 0.4) is 0 Å². The number of carbonyl (C=O) groups excluding carboxylic acids is 1. The van der Waals surface area contributed by atoms with E-state index in [4.69, 9.17) is 14.2 Å². The zero-order valence-electron chi connectivity index (χ0n) is 18.6. The van der Waals surface area contributed by atoms with Crippen molar-refractivity contribution < 1.29 is 27.4 Å². The first-order valence-electron chi connectivity index (χ1n) is 10.2. The molecular weight excluding hydrogens is 444 g/mol. The largest absolute Gasteiger partial charge is 0.495 e. The average Bonchev–Trinajstić information content (AvgIpc) is 2.79. The number of hydrogen-bond acceptors (Lipinski definition) is 6. The van der Waals surface area contributed by atoms with Crippen molar-refractivity contribution >= 4 is 27.3 Å². The molecule has 0 aliphatic rings. The Balaban J connectivity index is 1.71. The van der Waals surface area contributed by atoms with Gasteiger partial charge < -0.3 is 19.5 Å². The third kappa shape index (κ3) is 6.39. The molecule has 0 saturated heterocycles. The van der Waals surface area contributed by atoms with Crippen molar-refractivity contribution in [1.82, 2.24) is 0 Å². The van der Waals surface area contributed by atoms with Crippen molar-refractivity contribution in [2.75, 3.05) is 30.9 Å². The number of benzene rings is 3. The maximum atomic E-state index is 12.9. The van der Waals surface area contributed by atoms with Gasteiger partial charge in [-0.3, -0.25) is 9.52 Å². The number of sulfonamides is 1. The van der Waals surface area contributed by atoms with E-state index in [0.717, 1.165) is 5.56 Å². The van der Waals surface area contributed by atoms with Crippen molar-refractivity contribution in [3.63, 3.8) is 0 Å². The van der Waals surface area contributed by atoms with Gasteiger partial charge in [-0.25, -0.2) is 8.42 Å². The predicted molar refractivity (Wildman–Crippen MR) is 127 cm³/mol. The quantitative estimate of drug-likeness (QED) is 0.460. The number of carbonyl (C=O) groups is 1. The maximum absolute atomic E-state index is 12.9. The zero-order valence-corrected chi connectivity index (χ0v) is 19.4. The third-order valence-electron chi connectivity index (χ3n) is 4.69. The van der Waals surface area contributed by atoms with Gasteiger partial charge >= 0.3 is 0 Å². The molecule has 0 heterocycles. The SMILES string of the molecule is COc1ccc(S(=O)(=O)Nc2ccccc2OC)cc1NC(=O)CCOc1cccc(C)c1. The van der Waals surface area contributed by atoms with Crippen molar-refractivity contribution in [2.24, 2.45) is 0 Å². The second kappa shape index (κ2) is 10.7. The summed E-state index contributed by atoms with van der Waals surface area (Å²) in [6.07, 6.45) is 0.0769. The highest BCUT2D eigenvalue weighted by molar-refractivity contribution is 7.92. The first-order chi connectivity index (χ1) is 15.8. The van der Waals surface area contributed by atoms with Gasteiger partial charge in [0.05, 0.1) is 43.5 Å². The molecule has 3 rings (SSSR count). The van der Waals surface area contributed by atoms with Gasteiger partial charge in [0.2, 0.25) is 5.91 Å². The second-order valence-corrected chi connectivity index (χ2v) is 8.81. The van der Waals surface area contributed by atoms with Crippen LogP contribution in [0.15, 0.2) is 71.6 Å². The smallest absolute Gasteiger partial charge is 0.262 e. The fourth-order valence-corrected chi connectivity index (χ4v) is 4.16. The first kappa shape index (κ1) is 23.9. The molecule has 0 spiro atoms. The Bertz CT molecular complexity index is 1230. The lowest BCUT2D eigenvalue weighted by Gasteiger charge is -2.15. The fraction of sp³-hybridized carbons (Fsp3) is 0.208. The van der Waals surface area contributed by atoms with Crippen LogP contribution in [0, 0.1) is 6.92 Å². The lowest BCUT2D eigenvalue weighted by molar-refractivity contribution is -0.116. The van der Waals surface area contributed by atoms with Crippen LogP contribution in [0.5, 0.6) is 17.2 Å². The number of hydrogen-bond donors (Lipinski definition) is 2. The lowest BCUT2D eigenvalue weighted by atomic mass is 10.2. The molecular formula is C24H26N2O6S. The zero-order chi connectivity index (χ0) is 23.8. The maximum Gasteiger partial charge on any atom is 0.262 e. The van der Waals surface area contributed by atoms with E-state index in [2.05, 4.69) is 10.0 Å². The van der Waals surface area contributed by atoms with Gasteiger partial charge in [0.1, 0.15) is 17.2 Å². The van der Waals surface area contributed by atoms with Gasteiger partial charge in [0.15, 0.2) is 0 Å². The molecule has 8 nitrogen and oxygen atoms in total. The number of rotatable bonds is 10. The lowest BCUT2D eigenvalue weighted by Crippen LogP contribution is -2.17. The Morgan fingerprint density at radius 3 is 2.33 bits per heavy atom. The van der Waals surface area contributed by atoms with Crippen LogP contribution in [0.1, 0.15) is 12.0 Å². The molecule has 0 fully saturated rings. The van der Waals surface area contributed by atoms with Gasteiger partial charge in [0, 0.05) is 0 Å². The summed E-state index contributed by atoms with van der Waals surface area (Å²) < 4.78 is 44.4. The number of methoxy groups -OCH3 is 2. The minimum absolute atomic E-state index is 0.0412. The summed E-state index contributed by atoms with van der Waals surface area (Å²) >= 11 is 0. The van der Waals surface area contributed by atoms with Crippen molar-refractivity contribution in [3.05, 3.63) is 72.3 Å². The topological polar surface area (TPSA) is 103 Å². The molecule has 174 valence electrons. The van der Waals surface area contributed by atoms with Crippen LogP contribution < -0.4 is 24.2 Å². The summed E-state index contributed by atoms with van der Waals surface area (Å²) in [5.74, 6) is 1.06. The van der Waals surface area contributed by atoms with Gasteiger partial charge in [-0.15, -0.1) is 0 Å². The summed E-state index contributed by atoms with van der Waals surface area (Å²) in [7, 11) is -1.06. The number of aryl methyl sites for hydroxylation is 1. The molecule has 1 amide bonds. The highest BCUT2D eigenvalue weighted by Gasteiger charge is 2.19. The summed E-state index contributed by atoms with van der Waals surface area (Å²) in [4.78, 5) is 12.4. The van der Waals surface area contributed by atoms with E-state index in [1.165, 1.54) is 32.4 Å². The molecule has 0 aliphatic heterocycles. The van der Waals surface area contributed by atoms with E-state index in [9.17, 15) is 13.2 Å². The number of amides is 1. The Hall–Kier alpha value is -3.72. The van der Waals surface area contributed by atoms with E-state index >= 15 is 0 Å². The molecule has 0 aromatic heterocycles. The summed E-state index contributed by atoms with van der Waals surface area (Å²) in [5, 5.41) is 2.70. The van der Waals surface area contributed by atoms with Crippen molar-refractivity contribution in [3.8, 4) is 17.2 Å². The van der Waals surface area contributed by atoms with Gasteiger partial charge in [-0.1, -0.05) is 24.3 Å². The molecule has 9 heteroatoms. The molecule has 0 bridgehead atoms. The van der Waals surface area contributed by atoms with Crippen LogP contribution in [-0.4, -0.2) is 35.2 Å². The summed E-state index contributed by atoms with van der Waals surface area (Å²) in [6, 6.07) is 18.4. The third-order valence-corrected chi connectivity index (χ3v) is 6.06. The minimum Gasteiger partial charge on any atom is -0.495 e. The molecule has 0 atom stereocenters. The van der Waals surface area contributed by atoms with Gasteiger partial charge in [-0.2, -0.15) is 0 Å². The highest BCUT2D eigenvalue weighted by Crippen LogP contribution is 2.30. The molecule has 0 radical (unpaired) electrons. The molecule has 3 aromatic carbocycles. The Kier molecular flexibility index (Phi) is 7.78. The molecule has 0 unspecified atom stereocenters. The van der Waals surface area contributed by atoms with Crippen molar-refractivity contribution in [1.29, 1.82) is 0 Å². The number of nitrogens with one attached hydrogen (secondary N) is 2. The standard InChI is InChI=1S/C24H26N2O6S/c1-17-7-6-8-18(15-17)32-14-13-24(27)25-21-16-19(11-12-23(21)31-3)33(28,29)26-20-9-4-5-10-22(20)30-2/h4-12,15-16,26H,13-14H2,1-3H3,(H,25,27). The second-order valence-electron chi connectivity index (χ2n) is 7.13. The number of para-hydroxylation sites is 2. The monoisotopic (exact) mass is 470 g/mol. The summed E-state index contributed by atoms with van der Waals surface area (Å²) in [5.41, 5.74) is 1.59. The molecule has 2 N–H and O–H groups in total. The van der Waals surface area contributed by atoms with E-state index in [1.54, 1.807) is 24.3 Å². The van der Waals surface area contributed by atoms with E-state index in [1.807, 2.05) is 31.2 Å². The Labute approximate surface area is 193 Å². The summed E-state index contributed by atoms with van der Waals surface area (Å²) in [6.45, 7) is 2.13. The molecule has 3 aromatic rings. The average molecular weight is 471 g/mol. The molecule has 0 aliphatic carbocycles. The number of anilines is 2. The van der Waals surface area contributed by atoms with Crippen LogP contribution in [0.2, 0.25) is 0 Å². The van der Waals surface area contributed by atoms with Crippen molar-refractivity contribution in [2.45, 2.75) is 18.2 Å². The Morgan fingerprint density at radius 1 is 0.879 bits per heavy atom. The van der Waals surface area contributed by atoms with Crippen LogP contribution in [0.25, 0.3) is 0 Å². The number of ether oxygens (including phenoxy) is 3. The van der Waals surface area contributed by atoms with Crippen LogP contribution >= 0.6 is 0 Å². The first-order valence-corrected chi connectivity index (χ1v) is 11.6.